The van der Waals surface area contributed by atoms with E-state index < -0.39 is 0 Å². The molecule has 144 valence electrons. The van der Waals surface area contributed by atoms with Gasteiger partial charge in [0.25, 0.3) is 0 Å². The van der Waals surface area contributed by atoms with Crippen LogP contribution in [-0.4, -0.2) is 12.6 Å². The smallest absolute Gasteiger partial charge is 0.338 e. The topological polar surface area (TPSA) is 44.8 Å². The van der Waals surface area contributed by atoms with E-state index in [9.17, 15) is 4.79 Å². The SMILES string of the molecule is CCOC(=O)c1cc(COc2cccc(C)c2)cc(Oc2cccc(Br)c2)c1. The summed E-state index contributed by atoms with van der Waals surface area (Å²) in [5.41, 5.74) is 2.37. The molecule has 0 atom stereocenters. The lowest BCUT2D eigenvalue weighted by atomic mass is 10.1. The first-order chi connectivity index (χ1) is 13.5. The van der Waals surface area contributed by atoms with Crippen molar-refractivity contribution in [3.8, 4) is 17.2 Å². The summed E-state index contributed by atoms with van der Waals surface area (Å²) in [7, 11) is 0. The molecule has 0 bridgehead atoms. The first-order valence-corrected chi connectivity index (χ1v) is 9.77. The molecule has 3 aromatic rings. The molecule has 0 saturated heterocycles. The summed E-state index contributed by atoms with van der Waals surface area (Å²) in [4.78, 5) is 12.2. The molecule has 3 aromatic carbocycles. The lowest BCUT2D eigenvalue weighted by Gasteiger charge is -2.12. The number of rotatable bonds is 7. The van der Waals surface area contributed by atoms with Gasteiger partial charge in [-0.2, -0.15) is 0 Å². The predicted molar refractivity (Wildman–Crippen MR) is 112 cm³/mol. The fraction of sp³-hybridized carbons (Fsp3) is 0.174. The summed E-state index contributed by atoms with van der Waals surface area (Å²) in [6.45, 7) is 4.41. The minimum absolute atomic E-state index is 0.310. The molecule has 0 aliphatic rings. The van der Waals surface area contributed by atoms with Crippen molar-refractivity contribution in [2.45, 2.75) is 20.5 Å². The molecule has 0 unspecified atom stereocenters. The third-order valence-corrected chi connectivity index (χ3v) is 4.40. The van der Waals surface area contributed by atoms with Crippen LogP contribution in [0, 0.1) is 6.92 Å². The van der Waals surface area contributed by atoms with Gasteiger partial charge in [0.1, 0.15) is 23.9 Å². The standard InChI is InChI=1S/C23H21BrO4/c1-3-26-23(25)18-11-17(15-27-20-8-4-6-16(2)10-20)12-22(13-18)28-21-9-5-7-19(24)14-21/h4-14H,3,15H2,1-2H3. The highest BCUT2D eigenvalue weighted by Crippen LogP contribution is 2.27. The number of aryl methyl sites for hydroxylation is 1. The second kappa shape index (κ2) is 9.42. The van der Waals surface area contributed by atoms with Crippen LogP contribution in [0.25, 0.3) is 0 Å². The van der Waals surface area contributed by atoms with Crippen LogP contribution in [0.4, 0.5) is 0 Å². The predicted octanol–water partition coefficient (Wildman–Crippen LogP) is 6.31. The fourth-order valence-corrected chi connectivity index (χ4v) is 3.05. The first kappa shape index (κ1) is 20.0. The van der Waals surface area contributed by atoms with Crippen LogP contribution < -0.4 is 9.47 Å². The number of hydrogen-bond acceptors (Lipinski definition) is 4. The first-order valence-electron chi connectivity index (χ1n) is 8.97. The van der Waals surface area contributed by atoms with Crippen LogP contribution in [0.15, 0.2) is 71.2 Å². The summed E-state index contributed by atoms with van der Waals surface area (Å²) in [6, 6.07) is 20.6. The van der Waals surface area contributed by atoms with Crippen molar-refractivity contribution in [1.29, 1.82) is 0 Å². The molecule has 0 amide bonds. The zero-order valence-electron chi connectivity index (χ0n) is 15.8. The molecule has 28 heavy (non-hydrogen) atoms. The molecular weight excluding hydrogens is 420 g/mol. The van der Waals surface area contributed by atoms with E-state index in [0.29, 0.717) is 30.3 Å². The number of carbonyl (C=O) groups is 1. The average Bonchev–Trinajstić information content (AvgIpc) is 2.66. The van der Waals surface area contributed by atoms with Crippen molar-refractivity contribution < 1.29 is 19.0 Å². The number of hydrogen-bond donors (Lipinski definition) is 0. The average molecular weight is 441 g/mol. The Kier molecular flexibility index (Phi) is 6.71. The van der Waals surface area contributed by atoms with E-state index in [-0.39, 0.29) is 5.97 Å². The minimum Gasteiger partial charge on any atom is -0.489 e. The van der Waals surface area contributed by atoms with E-state index in [1.807, 2.05) is 61.5 Å². The van der Waals surface area contributed by atoms with Gasteiger partial charge in [0.2, 0.25) is 0 Å². The van der Waals surface area contributed by atoms with Crippen LogP contribution in [0.5, 0.6) is 17.2 Å². The summed E-state index contributed by atoms with van der Waals surface area (Å²) in [6.07, 6.45) is 0. The van der Waals surface area contributed by atoms with E-state index >= 15 is 0 Å². The molecular formula is C23H21BrO4. The number of ether oxygens (including phenoxy) is 3. The molecule has 3 rings (SSSR count). The number of carbonyl (C=O) groups excluding carboxylic acids is 1. The summed E-state index contributed by atoms with van der Waals surface area (Å²) < 4.78 is 17.9. The Labute approximate surface area is 173 Å². The lowest BCUT2D eigenvalue weighted by molar-refractivity contribution is 0.0526. The maximum Gasteiger partial charge on any atom is 0.338 e. The lowest BCUT2D eigenvalue weighted by Crippen LogP contribution is -2.06. The van der Waals surface area contributed by atoms with E-state index in [2.05, 4.69) is 15.9 Å². The molecule has 0 aromatic heterocycles. The normalized spacial score (nSPS) is 10.4. The Morgan fingerprint density at radius 1 is 0.929 bits per heavy atom. The van der Waals surface area contributed by atoms with Crippen molar-refractivity contribution in [3.63, 3.8) is 0 Å². The maximum atomic E-state index is 12.2. The molecule has 0 aliphatic heterocycles. The van der Waals surface area contributed by atoms with Crippen LogP contribution in [0.2, 0.25) is 0 Å². The highest BCUT2D eigenvalue weighted by atomic mass is 79.9. The number of halogens is 1. The molecule has 0 N–H and O–H groups in total. The van der Waals surface area contributed by atoms with Crippen LogP contribution >= 0.6 is 15.9 Å². The van der Waals surface area contributed by atoms with Gasteiger partial charge in [-0.25, -0.2) is 4.79 Å². The molecule has 0 radical (unpaired) electrons. The van der Waals surface area contributed by atoms with Crippen molar-refractivity contribution >= 4 is 21.9 Å². The van der Waals surface area contributed by atoms with Gasteiger partial charge in [0.15, 0.2) is 0 Å². The van der Waals surface area contributed by atoms with Crippen LogP contribution in [-0.2, 0) is 11.3 Å². The zero-order chi connectivity index (χ0) is 19.9. The van der Waals surface area contributed by atoms with Gasteiger partial charge in [0.05, 0.1) is 12.2 Å². The largest absolute Gasteiger partial charge is 0.489 e. The second-order valence-electron chi connectivity index (χ2n) is 6.25. The van der Waals surface area contributed by atoms with Crippen molar-refractivity contribution in [2.24, 2.45) is 0 Å². The Bertz CT molecular complexity index is 968. The fourth-order valence-electron chi connectivity index (χ4n) is 2.67. The van der Waals surface area contributed by atoms with Crippen molar-refractivity contribution in [3.05, 3.63) is 87.9 Å². The monoisotopic (exact) mass is 440 g/mol. The molecule has 0 saturated carbocycles. The van der Waals surface area contributed by atoms with Gasteiger partial charge in [-0.15, -0.1) is 0 Å². The molecule has 4 nitrogen and oxygen atoms in total. The van der Waals surface area contributed by atoms with Crippen LogP contribution in [0.3, 0.4) is 0 Å². The third-order valence-electron chi connectivity index (χ3n) is 3.90. The summed E-state index contributed by atoms with van der Waals surface area (Å²) in [5.74, 6) is 1.60. The Morgan fingerprint density at radius 2 is 1.71 bits per heavy atom. The van der Waals surface area contributed by atoms with E-state index in [0.717, 1.165) is 21.3 Å². The molecule has 0 spiro atoms. The van der Waals surface area contributed by atoms with Gasteiger partial charge in [-0.05, 0) is 73.5 Å². The van der Waals surface area contributed by atoms with Crippen molar-refractivity contribution in [1.82, 2.24) is 0 Å². The van der Waals surface area contributed by atoms with Gasteiger partial charge in [0, 0.05) is 4.47 Å². The summed E-state index contributed by atoms with van der Waals surface area (Å²) >= 11 is 3.43. The highest BCUT2D eigenvalue weighted by Gasteiger charge is 2.12. The molecule has 0 fully saturated rings. The number of esters is 1. The van der Waals surface area contributed by atoms with Gasteiger partial charge < -0.3 is 14.2 Å². The van der Waals surface area contributed by atoms with Crippen molar-refractivity contribution in [2.75, 3.05) is 6.61 Å². The van der Waals surface area contributed by atoms with Gasteiger partial charge >= 0.3 is 5.97 Å². The molecule has 0 heterocycles. The third kappa shape index (κ3) is 5.60. The minimum atomic E-state index is -0.390. The van der Waals surface area contributed by atoms with Gasteiger partial charge in [-0.1, -0.05) is 34.1 Å². The Balaban J connectivity index is 1.85. The maximum absolute atomic E-state index is 12.2. The number of benzene rings is 3. The second-order valence-corrected chi connectivity index (χ2v) is 7.17. The van der Waals surface area contributed by atoms with Crippen LogP contribution in [0.1, 0.15) is 28.4 Å². The zero-order valence-corrected chi connectivity index (χ0v) is 17.4. The van der Waals surface area contributed by atoms with E-state index in [4.69, 9.17) is 14.2 Å². The van der Waals surface area contributed by atoms with E-state index in [1.165, 1.54) is 0 Å². The van der Waals surface area contributed by atoms with Gasteiger partial charge in [-0.3, -0.25) is 0 Å². The Morgan fingerprint density at radius 3 is 2.46 bits per heavy atom. The summed E-state index contributed by atoms with van der Waals surface area (Å²) in [5, 5.41) is 0. The van der Waals surface area contributed by atoms with E-state index in [1.54, 1.807) is 19.1 Å². The molecule has 5 heteroatoms. The molecule has 0 aliphatic carbocycles. The quantitative estimate of drug-likeness (QED) is 0.404. The highest BCUT2D eigenvalue weighted by molar-refractivity contribution is 9.10. The Hall–Kier alpha value is -2.79.